The Morgan fingerprint density at radius 2 is 1.32 bits per heavy atom. The summed E-state index contributed by atoms with van der Waals surface area (Å²) in [6.07, 6.45) is 0. The first kappa shape index (κ1) is 12.7. The molecule has 0 fully saturated rings. The molecule has 0 spiro atoms. The Morgan fingerprint density at radius 3 is 2.09 bits per heavy atom. The van der Waals surface area contributed by atoms with Gasteiger partial charge in [0.2, 0.25) is 0 Å². The lowest BCUT2D eigenvalue weighted by molar-refractivity contribution is 0.483. The summed E-state index contributed by atoms with van der Waals surface area (Å²) in [5.74, 6) is 1.69. The van der Waals surface area contributed by atoms with Crippen LogP contribution in [0.15, 0.2) is 84.9 Å². The smallest absolute Gasteiger partial charge is 0.127 e. The molecule has 0 amide bonds. The summed E-state index contributed by atoms with van der Waals surface area (Å²) in [6.45, 7) is 0. The minimum atomic E-state index is 0.839. The molecule has 1 aromatic heterocycles. The summed E-state index contributed by atoms with van der Waals surface area (Å²) in [5.41, 5.74) is 3.42. The van der Waals surface area contributed by atoms with Gasteiger partial charge in [-0.15, -0.1) is 0 Å². The number of aromatic amines is 1. The molecular weight excluding hydrogens is 270 g/mol. The van der Waals surface area contributed by atoms with Gasteiger partial charge in [-0.1, -0.05) is 36.4 Å². The highest BCUT2D eigenvalue weighted by Crippen LogP contribution is 2.27. The fraction of sp³-hybridized carbons (Fsp3) is 0. The average Bonchev–Trinajstić information content (AvgIpc) is 3.00. The van der Waals surface area contributed by atoms with Crippen molar-refractivity contribution < 1.29 is 4.74 Å². The standard InChI is InChI=1S/C20H15NO/c1-2-7-17(8-3-1)22-18-12-10-15(11-13-18)20-14-16-6-4-5-9-19(16)21-20/h1-14,21H. The number of H-pyrrole nitrogens is 1. The van der Waals surface area contributed by atoms with Gasteiger partial charge in [-0.25, -0.2) is 0 Å². The second-order valence-corrected chi connectivity index (χ2v) is 5.21. The van der Waals surface area contributed by atoms with Crippen LogP contribution in [0.3, 0.4) is 0 Å². The van der Waals surface area contributed by atoms with Crippen LogP contribution in [0.25, 0.3) is 22.2 Å². The highest BCUT2D eigenvalue weighted by molar-refractivity contribution is 5.85. The molecule has 106 valence electrons. The molecule has 0 radical (unpaired) electrons. The number of para-hydroxylation sites is 2. The van der Waals surface area contributed by atoms with E-state index in [0.717, 1.165) is 28.3 Å². The van der Waals surface area contributed by atoms with Crippen LogP contribution in [0.5, 0.6) is 11.5 Å². The number of benzene rings is 3. The summed E-state index contributed by atoms with van der Waals surface area (Å²) in [7, 11) is 0. The normalized spacial score (nSPS) is 10.7. The number of nitrogens with one attached hydrogen (secondary N) is 1. The van der Waals surface area contributed by atoms with Gasteiger partial charge in [-0.05, 0) is 54.1 Å². The third-order valence-electron chi connectivity index (χ3n) is 3.67. The highest BCUT2D eigenvalue weighted by Gasteiger charge is 2.03. The predicted octanol–water partition coefficient (Wildman–Crippen LogP) is 5.63. The molecule has 4 rings (SSSR count). The fourth-order valence-electron chi connectivity index (χ4n) is 2.56. The van der Waals surface area contributed by atoms with Crippen molar-refractivity contribution in [1.29, 1.82) is 0 Å². The van der Waals surface area contributed by atoms with Gasteiger partial charge in [0, 0.05) is 16.6 Å². The lowest BCUT2D eigenvalue weighted by Crippen LogP contribution is -1.84. The Labute approximate surface area is 129 Å². The van der Waals surface area contributed by atoms with E-state index >= 15 is 0 Å². The number of ether oxygens (including phenoxy) is 1. The average molecular weight is 285 g/mol. The molecule has 1 heterocycles. The van der Waals surface area contributed by atoms with Crippen molar-refractivity contribution in [1.82, 2.24) is 4.98 Å². The van der Waals surface area contributed by atoms with Crippen LogP contribution in [0, 0.1) is 0 Å². The molecule has 0 atom stereocenters. The van der Waals surface area contributed by atoms with Gasteiger partial charge in [0.15, 0.2) is 0 Å². The molecule has 0 aliphatic rings. The zero-order valence-corrected chi connectivity index (χ0v) is 12.0. The second kappa shape index (κ2) is 5.41. The van der Waals surface area contributed by atoms with E-state index in [9.17, 15) is 0 Å². The van der Waals surface area contributed by atoms with E-state index in [1.54, 1.807) is 0 Å². The zero-order chi connectivity index (χ0) is 14.8. The molecule has 1 N–H and O–H groups in total. The number of hydrogen-bond donors (Lipinski definition) is 1. The Morgan fingerprint density at radius 1 is 0.636 bits per heavy atom. The molecule has 0 aliphatic carbocycles. The Hall–Kier alpha value is -3.00. The summed E-state index contributed by atoms with van der Waals surface area (Å²) in [5, 5.41) is 1.22. The van der Waals surface area contributed by atoms with E-state index in [4.69, 9.17) is 4.74 Å². The van der Waals surface area contributed by atoms with E-state index < -0.39 is 0 Å². The number of aromatic nitrogens is 1. The minimum Gasteiger partial charge on any atom is -0.457 e. The molecule has 0 saturated carbocycles. The van der Waals surface area contributed by atoms with E-state index in [0.29, 0.717) is 0 Å². The molecular formula is C20H15NO. The third kappa shape index (κ3) is 2.47. The molecule has 2 nitrogen and oxygen atoms in total. The number of rotatable bonds is 3. The van der Waals surface area contributed by atoms with Gasteiger partial charge in [-0.2, -0.15) is 0 Å². The van der Waals surface area contributed by atoms with Crippen LogP contribution in [0.1, 0.15) is 0 Å². The van der Waals surface area contributed by atoms with Gasteiger partial charge in [-0.3, -0.25) is 0 Å². The van der Waals surface area contributed by atoms with Gasteiger partial charge in [0.05, 0.1) is 0 Å². The molecule has 22 heavy (non-hydrogen) atoms. The summed E-state index contributed by atoms with van der Waals surface area (Å²) >= 11 is 0. The van der Waals surface area contributed by atoms with Crippen molar-refractivity contribution in [2.45, 2.75) is 0 Å². The first-order valence-corrected chi connectivity index (χ1v) is 7.29. The number of fused-ring (bicyclic) bond motifs is 1. The van der Waals surface area contributed by atoms with Crippen LogP contribution in [0.4, 0.5) is 0 Å². The molecule has 0 aliphatic heterocycles. The maximum atomic E-state index is 5.82. The first-order valence-electron chi connectivity index (χ1n) is 7.29. The predicted molar refractivity (Wildman–Crippen MR) is 90.3 cm³/mol. The van der Waals surface area contributed by atoms with Crippen molar-refractivity contribution in [3.05, 3.63) is 84.9 Å². The van der Waals surface area contributed by atoms with Gasteiger partial charge in [0.25, 0.3) is 0 Å². The van der Waals surface area contributed by atoms with Crippen molar-refractivity contribution in [2.24, 2.45) is 0 Å². The summed E-state index contributed by atoms with van der Waals surface area (Å²) in [4.78, 5) is 3.44. The monoisotopic (exact) mass is 285 g/mol. The Kier molecular flexibility index (Phi) is 3.13. The van der Waals surface area contributed by atoms with E-state index in [2.05, 4.69) is 41.4 Å². The molecule has 2 heteroatoms. The van der Waals surface area contributed by atoms with Gasteiger partial charge < -0.3 is 9.72 Å². The Bertz CT molecular complexity index is 859. The molecule has 3 aromatic carbocycles. The van der Waals surface area contributed by atoms with Crippen LogP contribution in [0.2, 0.25) is 0 Å². The van der Waals surface area contributed by atoms with Crippen molar-refractivity contribution >= 4 is 10.9 Å². The van der Waals surface area contributed by atoms with Gasteiger partial charge in [0.1, 0.15) is 11.5 Å². The van der Waals surface area contributed by atoms with Crippen LogP contribution in [-0.4, -0.2) is 4.98 Å². The van der Waals surface area contributed by atoms with E-state index in [1.165, 1.54) is 5.39 Å². The van der Waals surface area contributed by atoms with Crippen LogP contribution in [-0.2, 0) is 0 Å². The zero-order valence-electron chi connectivity index (χ0n) is 12.0. The molecule has 0 unspecified atom stereocenters. The van der Waals surface area contributed by atoms with Crippen molar-refractivity contribution in [2.75, 3.05) is 0 Å². The molecule has 0 bridgehead atoms. The third-order valence-corrected chi connectivity index (χ3v) is 3.67. The fourth-order valence-corrected chi connectivity index (χ4v) is 2.56. The molecule has 0 saturated heterocycles. The quantitative estimate of drug-likeness (QED) is 0.518. The topological polar surface area (TPSA) is 25.0 Å². The summed E-state index contributed by atoms with van der Waals surface area (Å²) in [6, 6.07) is 28.4. The highest BCUT2D eigenvalue weighted by atomic mass is 16.5. The van der Waals surface area contributed by atoms with Crippen LogP contribution >= 0.6 is 0 Å². The lowest BCUT2D eigenvalue weighted by atomic mass is 10.1. The largest absolute Gasteiger partial charge is 0.457 e. The SMILES string of the molecule is c1ccc(Oc2ccc(-c3cc4ccccc4[nH]3)cc2)cc1. The minimum absolute atomic E-state index is 0.839. The molecule has 4 aromatic rings. The van der Waals surface area contributed by atoms with E-state index in [1.807, 2.05) is 48.5 Å². The van der Waals surface area contributed by atoms with Crippen molar-refractivity contribution in [3.63, 3.8) is 0 Å². The van der Waals surface area contributed by atoms with Crippen LogP contribution < -0.4 is 4.74 Å². The van der Waals surface area contributed by atoms with Crippen molar-refractivity contribution in [3.8, 4) is 22.8 Å². The number of hydrogen-bond acceptors (Lipinski definition) is 1. The summed E-state index contributed by atoms with van der Waals surface area (Å²) < 4.78 is 5.82. The Balaban J connectivity index is 1.61. The van der Waals surface area contributed by atoms with E-state index in [-0.39, 0.29) is 0 Å². The maximum absolute atomic E-state index is 5.82. The second-order valence-electron chi connectivity index (χ2n) is 5.21. The maximum Gasteiger partial charge on any atom is 0.127 e. The lowest BCUT2D eigenvalue weighted by Gasteiger charge is -2.06. The first-order chi connectivity index (χ1) is 10.9. The van der Waals surface area contributed by atoms with Gasteiger partial charge >= 0.3 is 0 Å².